The molecular formula is C10H18O2. The Bertz CT molecular complexity index is 158. The minimum Gasteiger partial charge on any atom is -0.394 e. The zero-order valence-corrected chi connectivity index (χ0v) is 7.45. The van der Waals surface area contributed by atoms with Gasteiger partial charge in [-0.25, -0.2) is 0 Å². The third-order valence-corrected chi connectivity index (χ3v) is 3.67. The van der Waals surface area contributed by atoms with Gasteiger partial charge in [-0.15, -0.1) is 0 Å². The smallest absolute Gasteiger partial charge is 0.0773 e. The van der Waals surface area contributed by atoms with Gasteiger partial charge in [0.25, 0.3) is 0 Å². The lowest BCUT2D eigenvalue weighted by molar-refractivity contribution is 0.0650. The van der Waals surface area contributed by atoms with E-state index in [1.54, 1.807) is 0 Å². The molecule has 2 N–H and O–H groups in total. The zero-order valence-electron chi connectivity index (χ0n) is 7.45. The summed E-state index contributed by atoms with van der Waals surface area (Å²) in [5, 5.41) is 18.0. The fraction of sp³-hybridized carbons (Fsp3) is 1.00. The van der Waals surface area contributed by atoms with E-state index in [-0.39, 0.29) is 6.61 Å². The Morgan fingerprint density at radius 1 is 1.25 bits per heavy atom. The van der Waals surface area contributed by atoms with Gasteiger partial charge in [0.15, 0.2) is 0 Å². The summed E-state index contributed by atoms with van der Waals surface area (Å²) in [4.78, 5) is 0. The molecule has 2 aliphatic rings. The van der Waals surface area contributed by atoms with Crippen LogP contribution in [-0.4, -0.2) is 22.9 Å². The van der Waals surface area contributed by atoms with Crippen LogP contribution in [0, 0.1) is 17.8 Å². The summed E-state index contributed by atoms with van der Waals surface area (Å²) in [5.74, 6) is 2.54. The van der Waals surface area contributed by atoms with E-state index in [4.69, 9.17) is 5.11 Å². The summed E-state index contributed by atoms with van der Waals surface area (Å²) in [6.45, 7) is -0.0616. The molecule has 12 heavy (non-hydrogen) atoms. The molecule has 2 aliphatic carbocycles. The van der Waals surface area contributed by atoms with Crippen LogP contribution in [0.5, 0.6) is 0 Å². The van der Waals surface area contributed by atoms with Gasteiger partial charge in [0.2, 0.25) is 0 Å². The van der Waals surface area contributed by atoms with E-state index in [0.29, 0.717) is 5.92 Å². The normalized spacial score (nSPS) is 42.0. The molecule has 4 atom stereocenters. The maximum absolute atomic E-state index is 9.30. The van der Waals surface area contributed by atoms with Gasteiger partial charge in [-0.05, 0) is 43.4 Å². The maximum atomic E-state index is 9.30. The van der Waals surface area contributed by atoms with Gasteiger partial charge in [-0.3, -0.25) is 0 Å². The quantitative estimate of drug-likeness (QED) is 0.667. The maximum Gasteiger partial charge on any atom is 0.0773 e. The van der Waals surface area contributed by atoms with Gasteiger partial charge in [0, 0.05) is 0 Å². The average Bonchev–Trinajstić information content (AvgIpc) is 2.64. The summed E-state index contributed by atoms with van der Waals surface area (Å²) in [6.07, 6.45) is 5.85. The molecule has 0 aromatic rings. The number of rotatable bonds is 3. The van der Waals surface area contributed by atoms with Crippen molar-refractivity contribution in [2.75, 3.05) is 6.61 Å². The van der Waals surface area contributed by atoms with E-state index in [1.807, 2.05) is 0 Å². The van der Waals surface area contributed by atoms with Crippen molar-refractivity contribution >= 4 is 0 Å². The van der Waals surface area contributed by atoms with Gasteiger partial charge >= 0.3 is 0 Å². The molecule has 0 aliphatic heterocycles. The number of aliphatic hydroxyl groups excluding tert-OH is 2. The molecule has 2 saturated carbocycles. The summed E-state index contributed by atoms with van der Waals surface area (Å²) in [7, 11) is 0. The highest BCUT2D eigenvalue weighted by Gasteiger charge is 2.39. The first-order valence-electron chi connectivity index (χ1n) is 5.08. The lowest BCUT2D eigenvalue weighted by Gasteiger charge is -2.23. The van der Waals surface area contributed by atoms with Gasteiger partial charge in [-0.1, -0.05) is 6.42 Å². The van der Waals surface area contributed by atoms with Crippen molar-refractivity contribution in [3.05, 3.63) is 0 Å². The molecule has 2 fully saturated rings. The number of hydrogen-bond donors (Lipinski definition) is 2. The Labute approximate surface area is 73.6 Å². The molecule has 4 unspecified atom stereocenters. The summed E-state index contributed by atoms with van der Waals surface area (Å²) in [6, 6.07) is 0. The van der Waals surface area contributed by atoms with Crippen molar-refractivity contribution in [1.29, 1.82) is 0 Å². The lowest BCUT2D eigenvalue weighted by Crippen LogP contribution is -2.21. The van der Waals surface area contributed by atoms with Crippen LogP contribution < -0.4 is 0 Å². The average molecular weight is 170 g/mol. The van der Waals surface area contributed by atoms with Crippen LogP contribution in [0.3, 0.4) is 0 Å². The summed E-state index contributed by atoms with van der Waals surface area (Å²) < 4.78 is 0. The van der Waals surface area contributed by atoms with E-state index in [1.165, 1.54) is 25.7 Å². The lowest BCUT2D eigenvalue weighted by atomic mass is 9.85. The van der Waals surface area contributed by atoms with Crippen LogP contribution in [0.1, 0.15) is 32.1 Å². The highest BCUT2D eigenvalue weighted by atomic mass is 16.3. The predicted octanol–water partition coefficient (Wildman–Crippen LogP) is 1.17. The number of aliphatic hydroxyl groups is 2. The van der Waals surface area contributed by atoms with Crippen LogP contribution in [0.15, 0.2) is 0 Å². The van der Waals surface area contributed by atoms with Gasteiger partial charge in [0.05, 0.1) is 12.7 Å². The van der Waals surface area contributed by atoms with E-state index in [0.717, 1.165) is 18.3 Å². The second-order valence-electron chi connectivity index (χ2n) is 4.51. The third kappa shape index (κ3) is 1.50. The fourth-order valence-electron chi connectivity index (χ4n) is 3.09. The summed E-state index contributed by atoms with van der Waals surface area (Å²) >= 11 is 0. The van der Waals surface area contributed by atoms with E-state index in [2.05, 4.69) is 0 Å². The Balaban J connectivity index is 1.82. The van der Waals surface area contributed by atoms with Crippen molar-refractivity contribution < 1.29 is 10.2 Å². The molecule has 0 radical (unpaired) electrons. The molecule has 0 aromatic carbocycles. The van der Waals surface area contributed by atoms with E-state index < -0.39 is 6.10 Å². The number of fused-ring (bicyclic) bond motifs is 2. The van der Waals surface area contributed by atoms with Crippen molar-refractivity contribution in [1.82, 2.24) is 0 Å². The topological polar surface area (TPSA) is 40.5 Å². The predicted molar refractivity (Wildman–Crippen MR) is 46.6 cm³/mol. The third-order valence-electron chi connectivity index (χ3n) is 3.67. The molecule has 0 heterocycles. The Morgan fingerprint density at radius 2 is 2.08 bits per heavy atom. The van der Waals surface area contributed by atoms with Crippen molar-refractivity contribution in [2.24, 2.45) is 17.8 Å². The van der Waals surface area contributed by atoms with Crippen LogP contribution in [-0.2, 0) is 0 Å². The van der Waals surface area contributed by atoms with Crippen LogP contribution in [0.2, 0.25) is 0 Å². The fourth-order valence-corrected chi connectivity index (χ4v) is 3.09. The Kier molecular flexibility index (Phi) is 2.37. The molecule has 0 saturated heterocycles. The SMILES string of the molecule is OCC(O)CC1CC2CCC1C2. The molecule has 0 amide bonds. The van der Waals surface area contributed by atoms with Gasteiger partial charge < -0.3 is 10.2 Å². The van der Waals surface area contributed by atoms with Crippen LogP contribution in [0.25, 0.3) is 0 Å². The largest absolute Gasteiger partial charge is 0.394 e. The molecule has 2 rings (SSSR count). The zero-order chi connectivity index (χ0) is 8.55. The van der Waals surface area contributed by atoms with Gasteiger partial charge in [-0.2, -0.15) is 0 Å². The molecule has 2 nitrogen and oxygen atoms in total. The van der Waals surface area contributed by atoms with Crippen LogP contribution >= 0.6 is 0 Å². The standard InChI is InChI=1S/C10H18O2/c11-6-10(12)5-9-4-7-1-2-8(9)3-7/h7-12H,1-6H2. The minimum atomic E-state index is -0.464. The Hall–Kier alpha value is -0.0800. The molecule has 2 bridgehead atoms. The molecule has 0 spiro atoms. The molecule has 2 heteroatoms. The van der Waals surface area contributed by atoms with E-state index >= 15 is 0 Å². The first kappa shape index (κ1) is 8.52. The molecular weight excluding hydrogens is 152 g/mol. The second kappa shape index (κ2) is 3.35. The first-order chi connectivity index (χ1) is 5.79. The second-order valence-corrected chi connectivity index (χ2v) is 4.51. The highest BCUT2D eigenvalue weighted by molar-refractivity contribution is 4.90. The number of hydrogen-bond acceptors (Lipinski definition) is 2. The van der Waals surface area contributed by atoms with E-state index in [9.17, 15) is 5.11 Å². The minimum absolute atomic E-state index is 0.0616. The van der Waals surface area contributed by atoms with Crippen molar-refractivity contribution in [3.63, 3.8) is 0 Å². The monoisotopic (exact) mass is 170 g/mol. The van der Waals surface area contributed by atoms with Crippen molar-refractivity contribution in [2.45, 2.75) is 38.2 Å². The van der Waals surface area contributed by atoms with Gasteiger partial charge in [0.1, 0.15) is 0 Å². The highest BCUT2D eigenvalue weighted by Crippen LogP contribution is 2.49. The van der Waals surface area contributed by atoms with Crippen LogP contribution in [0.4, 0.5) is 0 Å². The first-order valence-corrected chi connectivity index (χ1v) is 5.08. The molecule has 70 valence electrons. The Morgan fingerprint density at radius 3 is 2.58 bits per heavy atom. The molecule has 0 aromatic heterocycles. The summed E-state index contributed by atoms with van der Waals surface area (Å²) in [5.41, 5.74) is 0. The van der Waals surface area contributed by atoms with Crippen molar-refractivity contribution in [3.8, 4) is 0 Å².